The van der Waals surface area contributed by atoms with Gasteiger partial charge in [-0.2, -0.15) is 5.10 Å². The summed E-state index contributed by atoms with van der Waals surface area (Å²) in [6.07, 6.45) is 5.40. The minimum Gasteiger partial charge on any atom is -0.455 e. The topological polar surface area (TPSA) is 31.0 Å². The van der Waals surface area contributed by atoms with Crippen LogP contribution in [0.15, 0.2) is 33.8 Å². The van der Waals surface area contributed by atoms with Gasteiger partial charge in [-0.15, -0.1) is 0 Å². The van der Waals surface area contributed by atoms with Crippen LogP contribution in [0.3, 0.4) is 0 Å². The fourth-order valence-corrected chi connectivity index (χ4v) is 1.30. The van der Waals surface area contributed by atoms with E-state index < -0.39 is 0 Å². The maximum Gasteiger partial charge on any atom is 0.171 e. The van der Waals surface area contributed by atoms with Crippen LogP contribution in [0, 0.1) is 6.92 Å². The number of halogens is 1. The molecule has 0 saturated carbocycles. The third-order valence-electron chi connectivity index (χ3n) is 1.53. The van der Waals surface area contributed by atoms with Crippen LogP contribution in [0.5, 0.6) is 0 Å². The van der Waals surface area contributed by atoms with E-state index in [1.807, 2.05) is 19.2 Å². The van der Waals surface area contributed by atoms with Crippen LogP contribution in [0.4, 0.5) is 0 Å². The van der Waals surface area contributed by atoms with E-state index in [4.69, 9.17) is 4.42 Å². The van der Waals surface area contributed by atoms with Crippen LogP contribution in [0.1, 0.15) is 5.56 Å². The molecule has 0 spiro atoms. The van der Waals surface area contributed by atoms with E-state index in [0.717, 1.165) is 11.3 Å². The molecule has 62 valence electrons. The van der Waals surface area contributed by atoms with Gasteiger partial charge in [0.1, 0.15) is 12.0 Å². The molecule has 0 N–H and O–H groups in total. The Morgan fingerprint density at radius 2 is 2.42 bits per heavy atom. The zero-order valence-electron chi connectivity index (χ0n) is 6.49. The third-order valence-corrected chi connectivity index (χ3v) is 1.95. The molecule has 0 aromatic carbocycles. The third kappa shape index (κ3) is 1.30. The molecule has 3 nitrogen and oxygen atoms in total. The molecule has 0 saturated heterocycles. The molecule has 12 heavy (non-hydrogen) atoms. The summed E-state index contributed by atoms with van der Waals surface area (Å²) in [6, 6.07) is 1.87. The number of furan rings is 1. The van der Waals surface area contributed by atoms with Crippen molar-refractivity contribution in [3.63, 3.8) is 0 Å². The quantitative estimate of drug-likeness (QED) is 0.749. The van der Waals surface area contributed by atoms with Crippen molar-refractivity contribution in [3.8, 4) is 5.69 Å². The highest BCUT2D eigenvalue weighted by Gasteiger charge is 2.01. The normalized spacial score (nSPS) is 10.5. The molecule has 0 aliphatic rings. The second-order valence-electron chi connectivity index (χ2n) is 2.57. The fourth-order valence-electron chi connectivity index (χ4n) is 0.975. The predicted molar refractivity (Wildman–Crippen MR) is 48.3 cm³/mol. The minimum absolute atomic E-state index is 0.714. The Hall–Kier alpha value is -1.03. The zero-order valence-corrected chi connectivity index (χ0v) is 8.08. The van der Waals surface area contributed by atoms with Crippen molar-refractivity contribution in [2.75, 3.05) is 0 Å². The SMILES string of the molecule is Cc1cnn(-c2coc(Br)c2)c1. The van der Waals surface area contributed by atoms with E-state index in [9.17, 15) is 0 Å². The highest BCUT2D eigenvalue weighted by molar-refractivity contribution is 9.10. The Labute approximate surface area is 78.1 Å². The first-order valence-electron chi connectivity index (χ1n) is 3.51. The first kappa shape index (κ1) is 7.61. The molecule has 4 heteroatoms. The molecule has 0 amide bonds. The summed E-state index contributed by atoms with van der Waals surface area (Å²) in [5, 5.41) is 4.14. The Balaban J connectivity index is 2.43. The lowest BCUT2D eigenvalue weighted by Crippen LogP contribution is -1.90. The van der Waals surface area contributed by atoms with Crippen molar-refractivity contribution in [2.24, 2.45) is 0 Å². The first-order valence-corrected chi connectivity index (χ1v) is 4.31. The molecule has 0 fully saturated rings. The number of aryl methyl sites for hydroxylation is 1. The average molecular weight is 227 g/mol. The molecular formula is C8H7BrN2O. The second-order valence-corrected chi connectivity index (χ2v) is 3.35. The van der Waals surface area contributed by atoms with E-state index in [1.54, 1.807) is 17.1 Å². The van der Waals surface area contributed by atoms with Gasteiger partial charge >= 0.3 is 0 Å². The van der Waals surface area contributed by atoms with Crippen LogP contribution in [-0.2, 0) is 0 Å². The van der Waals surface area contributed by atoms with Gasteiger partial charge in [-0.1, -0.05) is 0 Å². The molecule has 0 radical (unpaired) electrons. The molecule has 0 unspecified atom stereocenters. The monoisotopic (exact) mass is 226 g/mol. The van der Waals surface area contributed by atoms with E-state index in [-0.39, 0.29) is 0 Å². The van der Waals surface area contributed by atoms with Crippen LogP contribution in [-0.4, -0.2) is 9.78 Å². The number of aromatic nitrogens is 2. The predicted octanol–water partition coefficient (Wildman–Crippen LogP) is 2.54. The number of nitrogens with zero attached hydrogens (tertiary/aromatic N) is 2. The van der Waals surface area contributed by atoms with Crippen LogP contribution in [0.2, 0.25) is 0 Å². The van der Waals surface area contributed by atoms with E-state index in [2.05, 4.69) is 21.0 Å². The molecule has 2 aromatic heterocycles. The van der Waals surface area contributed by atoms with Gasteiger partial charge in [0.05, 0.1) is 6.20 Å². The Kier molecular flexibility index (Phi) is 1.77. The smallest absolute Gasteiger partial charge is 0.171 e. The molecule has 2 rings (SSSR count). The highest BCUT2D eigenvalue weighted by Crippen LogP contribution is 2.17. The summed E-state index contributed by atoms with van der Waals surface area (Å²) in [5.41, 5.74) is 2.06. The molecule has 0 aliphatic carbocycles. The van der Waals surface area contributed by atoms with Crippen molar-refractivity contribution in [1.82, 2.24) is 9.78 Å². The van der Waals surface area contributed by atoms with Crippen molar-refractivity contribution in [1.29, 1.82) is 0 Å². The molecule has 2 heterocycles. The lowest BCUT2D eigenvalue weighted by molar-refractivity contribution is 0.539. The van der Waals surface area contributed by atoms with Gasteiger partial charge in [-0.3, -0.25) is 0 Å². The lowest BCUT2D eigenvalue weighted by Gasteiger charge is -1.91. The zero-order chi connectivity index (χ0) is 8.55. The molecule has 0 bridgehead atoms. The van der Waals surface area contributed by atoms with Gasteiger partial charge in [-0.05, 0) is 28.4 Å². The number of hydrogen-bond donors (Lipinski definition) is 0. The van der Waals surface area contributed by atoms with Gasteiger partial charge in [0.15, 0.2) is 4.67 Å². The summed E-state index contributed by atoms with van der Waals surface area (Å²) in [6.45, 7) is 2.00. The lowest BCUT2D eigenvalue weighted by atomic mass is 10.4. The van der Waals surface area contributed by atoms with Gasteiger partial charge in [-0.25, -0.2) is 4.68 Å². The van der Waals surface area contributed by atoms with E-state index in [0.29, 0.717) is 4.67 Å². The average Bonchev–Trinajstić information content (AvgIpc) is 2.58. The molecule has 0 aliphatic heterocycles. The maximum atomic E-state index is 5.08. The number of hydrogen-bond acceptors (Lipinski definition) is 2. The number of rotatable bonds is 1. The summed E-state index contributed by atoms with van der Waals surface area (Å²) >= 11 is 3.23. The molecule has 2 aromatic rings. The van der Waals surface area contributed by atoms with Gasteiger partial charge in [0.25, 0.3) is 0 Å². The molecule has 0 atom stereocenters. The second kappa shape index (κ2) is 2.79. The van der Waals surface area contributed by atoms with Crippen molar-refractivity contribution >= 4 is 15.9 Å². The molecular weight excluding hydrogens is 220 g/mol. The summed E-state index contributed by atoms with van der Waals surface area (Å²) in [7, 11) is 0. The largest absolute Gasteiger partial charge is 0.455 e. The van der Waals surface area contributed by atoms with Crippen molar-refractivity contribution in [2.45, 2.75) is 6.92 Å². The first-order chi connectivity index (χ1) is 5.75. The van der Waals surface area contributed by atoms with Crippen molar-refractivity contribution in [3.05, 3.63) is 35.0 Å². The van der Waals surface area contributed by atoms with Gasteiger partial charge in [0, 0.05) is 12.3 Å². The maximum absolute atomic E-state index is 5.08. The standard InChI is InChI=1S/C8H7BrN2O/c1-6-3-10-11(4-6)7-2-8(9)12-5-7/h2-5H,1H3. The Morgan fingerprint density at radius 1 is 1.58 bits per heavy atom. The fraction of sp³-hybridized carbons (Fsp3) is 0.125. The van der Waals surface area contributed by atoms with Crippen LogP contribution < -0.4 is 0 Å². The van der Waals surface area contributed by atoms with Gasteiger partial charge in [0.2, 0.25) is 0 Å². The van der Waals surface area contributed by atoms with E-state index >= 15 is 0 Å². The summed E-state index contributed by atoms with van der Waals surface area (Å²) < 4.78 is 7.57. The van der Waals surface area contributed by atoms with E-state index in [1.165, 1.54) is 0 Å². The summed E-state index contributed by atoms with van der Waals surface area (Å²) in [4.78, 5) is 0. The van der Waals surface area contributed by atoms with Crippen LogP contribution in [0.25, 0.3) is 5.69 Å². The van der Waals surface area contributed by atoms with Gasteiger partial charge < -0.3 is 4.42 Å². The minimum atomic E-state index is 0.714. The van der Waals surface area contributed by atoms with Crippen molar-refractivity contribution < 1.29 is 4.42 Å². The summed E-state index contributed by atoms with van der Waals surface area (Å²) in [5.74, 6) is 0. The van der Waals surface area contributed by atoms with Crippen LogP contribution >= 0.6 is 15.9 Å². The Morgan fingerprint density at radius 3 is 2.92 bits per heavy atom. The Bertz CT molecular complexity index is 353. The highest BCUT2D eigenvalue weighted by atomic mass is 79.9.